The number of benzene rings is 2. The molecule has 1 N–H and O–H groups in total. The Morgan fingerprint density at radius 2 is 1.88 bits per heavy atom. The van der Waals surface area contributed by atoms with E-state index in [4.69, 9.17) is 14.5 Å². The number of hydrogen-bond acceptors (Lipinski definition) is 7. The van der Waals surface area contributed by atoms with Gasteiger partial charge < -0.3 is 14.8 Å². The molecule has 0 saturated heterocycles. The summed E-state index contributed by atoms with van der Waals surface area (Å²) >= 11 is 1.37. The van der Waals surface area contributed by atoms with Crippen molar-refractivity contribution in [1.29, 1.82) is 0 Å². The van der Waals surface area contributed by atoms with Crippen LogP contribution in [0, 0.1) is 13.8 Å². The second kappa shape index (κ2) is 9.04. The first kappa shape index (κ1) is 21.9. The maximum absolute atomic E-state index is 13.0. The summed E-state index contributed by atoms with van der Waals surface area (Å²) < 4.78 is 12.6. The number of nitrogens with zero attached hydrogens (tertiary/aromatic N) is 4. The molecule has 0 aliphatic carbocycles. The number of aryl methyl sites for hydroxylation is 2. The quantitative estimate of drug-likeness (QED) is 0.328. The van der Waals surface area contributed by atoms with Crippen molar-refractivity contribution in [1.82, 2.24) is 19.6 Å². The number of amides is 1. The first-order valence-corrected chi connectivity index (χ1v) is 11.1. The van der Waals surface area contributed by atoms with Crippen LogP contribution in [0.5, 0.6) is 11.5 Å². The Kier molecular flexibility index (Phi) is 6.18. The van der Waals surface area contributed by atoms with Gasteiger partial charge in [-0.05, 0) is 44.0 Å². The van der Waals surface area contributed by atoms with E-state index in [1.165, 1.54) is 11.8 Å². The molecule has 8 nitrogen and oxygen atoms in total. The zero-order valence-corrected chi connectivity index (χ0v) is 19.5. The van der Waals surface area contributed by atoms with Gasteiger partial charge in [-0.1, -0.05) is 30.8 Å². The van der Waals surface area contributed by atoms with E-state index in [0.717, 1.165) is 16.6 Å². The highest BCUT2D eigenvalue weighted by molar-refractivity contribution is 8.00. The average molecular weight is 452 g/mol. The molecule has 2 aromatic carbocycles. The lowest BCUT2D eigenvalue weighted by Gasteiger charge is -2.16. The first-order chi connectivity index (χ1) is 15.4. The highest BCUT2D eigenvalue weighted by atomic mass is 32.2. The topological polar surface area (TPSA) is 90.6 Å². The molecule has 0 fully saturated rings. The Bertz CT molecular complexity index is 1300. The van der Waals surface area contributed by atoms with E-state index in [1.54, 1.807) is 18.7 Å². The number of rotatable bonds is 7. The minimum Gasteiger partial charge on any atom is -0.493 e. The van der Waals surface area contributed by atoms with Crippen molar-refractivity contribution >= 4 is 39.9 Å². The molecule has 0 saturated carbocycles. The van der Waals surface area contributed by atoms with Crippen LogP contribution in [0.3, 0.4) is 0 Å². The fraction of sp³-hybridized carbons (Fsp3) is 0.304. The highest BCUT2D eigenvalue weighted by Gasteiger charge is 2.23. The zero-order valence-electron chi connectivity index (χ0n) is 18.7. The van der Waals surface area contributed by atoms with Gasteiger partial charge in [0, 0.05) is 17.1 Å². The zero-order chi connectivity index (χ0) is 22.8. The molecule has 4 rings (SSSR count). The van der Waals surface area contributed by atoms with Crippen molar-refractivity contribution in [2.45, 2.75) is 37.6 Å². The van der Waals surface area contributed by atoms with E-state index < -0.39 is 0 Å². The second-order valence-electron chi connectivity index (χ2n) is 7.39. The second-order valence-corrected chi connectivity index (χ2v) is 8.56. The molecule has 0 aliphatic rings. The summed E-state index contributed by atoms with van der Waals surface area (Å²) in [7, 11) is 3.17. The maximum Gasteiger partial charge on any atom is 0.237 e. The maximum atomic E-state index is 13.0. The van der Waals surface area contributed by atoms with Crippen molar-refractivity contribution < 1.29 is 14.3 Å². The van der Waals surface area contributed by atoms with Crippen molar-refractivity contribution in [2.75, 3.05) is 19.5 Å². The van der Waals surface area contributed by atoms with Crippen LogP contribution in [0.2, 0.25) is 0 Å². The lowest BCUT2D eigenvalue weighted by Crippen LogP contribution is -2.25. The molecule has 4 aromatic rings. The lowest BCUT2D eigenvalue weighted by molar-refractivity contribution is -0.115. The predicted octanol–water partition coefficient (Wildman–Crippen LogP) is 4.42. The van der Waals surface area contributed by atoms with Gasteiger partial charge in [-0.25, -0.2) is 9.97 Å². The van der Waals surface area contributed by atoms with Crippen LogP contribution in [0.1, 0.15) is 24.7 Å². The van der Waals surface area contributed by atoms with Crippen LogP contribution in [-0.2, 0) is 4.79 Å². The molecule has 166 valence electrons. The summed E-state index contributed by atoms with van der Waals surface area (Å²) in [4.78, 5) is 22.4. The van der Waals surface area contributed by atoms with Crippen LogP contribution in [0.25, 0.3) is 16.6 Å². The third kappa shape index (κ3) is 4.20. The van der Waals surface area contributed by atoms with E-state index in [2.05, 4.69) is 15.4 Å². The smallest absolute Gasteiger partial charge is 0.237 e. The molecule has 1 atom stereocenters. The number of anilines is 1. The summed E-state index contributed by atoms with van der Waals surface area (Å²) in [5.41, 5.74) is 3.21. The first-order valence-electron chi connectivity index (χ1n) is 10.3. The summed E-state index contributed by atoms with van der Waals surface area (Å²) in [6, 6.07) is 11.4. The van der Waals surface area contributed by atoms with Crippen molar-refractivity contribution in [3.63, 3.8) is 0 Å². The summed E-state index contributed by atoms with van der Waals surface area (Å²) in [5.74, 6) is 1.71. The van der Waals surface area contributed by atoms with Gasteiger partial charge in [-0.15, -0.1) is 5.10 Å². The number of ether oxygens (including phenoxy) is 2. The standard InChI is InChI=1S/C23H25N5O3S/c1-6-20(22(29)25-15-9-7-8-13(2)10-15)32-23-26-17-12-19(31-5)18(30-4)11-16(17)21-24-14(3)27-28(21)23/h7-12,20H,6H2,1-5H3,(H,25,29). The van der Waals surface area contributed by atoms with Crippen molar-refractivity contribution in [2.24, 2.45) is 0 Å². The normalized spacial score (nSPS) is 12.2. The number of methoxy groups -OCH3 is 2. The Hall–Kier alpha value is -3.33. The molecular weight excluding hydrogens is 426 g/mol. The van der Waals surface area contributed by atoms with Crippen LogP contribution >= 0.6 is 11.8 Å². The molecule has 32 heavy (non-hydrogen) atoms. The van der Waals surface area contributed by atoms with Gasteiger partial charge in [0.1, 0.15) is 5.82 Å². The van der Waals surface area contributed by atoms with Crippen LogP contribution < -0.4 is 14.8 Å². The largest absolute Gasteiger partial charge is 0.493 e. The van der Waals surface area contributed by atoms with E-state index in [0.29, 0.717) is 40.1 Å². The minimum absolute atomic E-state index is 0.0812. The molecular formula is C23H25N5O3S. The predicted molar refractivity (Wildman–Crippen MR) is 126 cm³/mol. The van der Waals surface area contributed by atoms with E-state index in [-0.39, 0.29) is 11.2 Å². The van der Waals surface area contributed by atoms with E-state index in [1.807, 2.05) is 57.2 Å². The number of carbonyl (C=O) groups excluding carboxylic acids is 1. The van der Waals surface area contributed by atoms with E-state index >= 15 is 0 Å². The van der Waals surface area contributed by atoms with Gasteiger partial charge in [0.05, 0.1) is 25.0 Å². The molecule has 2 aromatic heterocycles. The summed E-state index contributed by atoms with van der Waals surface area (Å²) in [6.07, 6.45) is 0.628. The molecule has 9 heteroatoms. The van der Waals surface area contributed by atoms with Crippen molar-refractivity contribution in [3.05, 3.63) is 47.8 Å². The molecule has 0 bridgehead atoms. The Morgan fingerprint density at radius 3 is 2.56 bits per heavy atom. The number of thioether (sulfide) groups is 1. The van der Waals surface area contributed by atoms with Gasteiger partial charge >= 0.3 is 0 Å². The van der Waals surface area contributed by atoms with Gasteiger partial charge in [-0.3, -0.25) is 4.79 Å². The van der Waals surface area contributed by atoms with Crippen LogP contribution in [0.4, 0.5) is 5.69 Å². The fourth-order valence-corrected chi connectivity index (χ4v) is 4.45. The van der Waals surface area contributed by atoms with Crippen LogP contribution in [0.15, 0.2) is 41.6 Å². The average Bonchev–Trinajstić information content (AvgIpc) is 3.18. The molecule has 2 heterocycles. The number of nitrogens with one attached hydrogen (secondary N) is 1. The third-order valence-corrected chi connectivity index (χ3v) is 6.36. The van der Waals surface area contributed by atoms with Gasteiger partial charge in [0.15, 0.2) is 22.3 Å². The van der Waals surface area contributed by atoms with E-state index in [9.17, 15) is 4.79 Å². The number of hydrogen-bond donors (Lipinski definition) is 1. The molecule has 1 unspecified atom stereocenters. The summed E-state index contributed by atoms with van der Waals surface area (Å²) in [5, 5.41) is 8.56. The molecule has 0 radical (unpaired) electrons. The molecule has 0 spiro atoms. The lowest BCUT2D eigenvalue weighted by atomic mass is 10.2. The molecule has 0 aliphatic heterocycles. The van der Waals surface area contributed by atoms with Crippen molar-refractivity contribution in [3.8, 4) is 11.5 Å². The highest BCUT2D eigenvalue weighted by Crippen LogP contribution is 2.35. The SMILES string of the molecule is CCC(Sc1nc2cc(OC)c(OC)cc2c2nc(C)nn12)C(=O)Nc1cccc(C)c1. The number of fused-ring (bicyclic) bond motifs is 3. The third-order valence-electron chi connectivity index (χ3n) is 5.05. The van der Waals surface area contributed by atoms with Crippen LogP contribution in [-0.4, -0.2) is 45.0 Å². The monoisotopic (exact) mass is 451 g/mol. The molecule has 1 amide bonds. The van der Waals surface area contributed by atoms with Gasteiger partial charge in [0.25, 0.3) is 0 Å². The fourth-order valence-electron chi connectivity index (χ4n) is 3.48. The summed E-state index contributed by atoms with van der Waals surface area (Å²) in [6.45, 7) is 5.80. The Morgan fingerprint density at radius 1 is 1.12 bits per heavy atom. The Labute approximate surface area is 190 Å². The number of aromatic nitrogens is 4. The van der Waals surface area contributed by atoms with Gasteiger partial charge in [0.2, 0.25) is 5.91 Å². The Balaban J connectivity index is 1.74. The minimum atomic E-state index is -0.353. The van der Waals surface area contributed by atoms with Gasteiger partial charge in [-0.2, -0.15) is 4.52 Å². The number of carbonyl (C=O) groups is 1.